The van der Waals surface area contributed by atoms with Crippen molar-refractivity contribution in [1.82, 2.24) is 0 Å². The van der Waals surface area contributed by atoms with Crippen LogP contribution in [-0.4, -0.2) is 21.5 Å². The molecule has 96 valence electrons. The van der Waals surface area contributed by atoms with Gasteiger partial charge in [-0.15, -0.1) is 0 Å². The Balaban J connectivity index is 2.69. The second-order valence-electron chi connectivity index (χ2n) is 5.51. The Bertz CT molecular complexity index is 348. The number of rotatable bonds is 6. The molecule has 1 rings (SSSR count). The van der Waals surface area contributed by atoms with E-state index in [1.54, 1.807) is 0 Å². The van der Waals surface area contributed by atoms with E-state index in [1.165, 1.54) is 0 Å². The SMILES string of the molecule is CC(C)C(C)(C)[SiH2]Oc1ccccc1CCO. The smallest absolute Gasteiger partial charge is 0.225 e. The zero-order chi connectivity index (χ0) is 12.9. The normalized spacial score (nSPS) is 12.6. The van der Waals surface area contributed by atoms with Crippen molar-refractivity contribution in [2.24, 2.45) is 5.92 Å². The van der Waals surface area contributed by atoms with Crippen LogP contribution in [0.15, 0.2) is 24.3 Å². The fourth-order valence-electron chi connectivity index (χ4n) is 1.40. The predicted octanol–water partition coefficient (Wildman–Crippen LogP) is 2.54. The van der Waals surface area contributed by atoms with Gasteiger partial charge < -0.3 is 9.53 Å². The maximum absolute atomic E-state index is 9.02. The summed E-state index contributed by atoms with van der Waals surface area (Å²) in [7, 11) is -0.627. The molecule has 0 atom stereocenters. The minimum Gasteiger partial charge on any atom is -0.549 e. The van der Waals surface area contributed by atoms with Crippen molar-refractivity contribution in [3.63, 3.8) is 0 Å². The first kappa shape index (κ1) is 14.3. The average Bonchev–Trinajstić information content (AvgIpc) is 2.28. The van der Waals surface area contributed by atoms with Gasteiger partial charge in [-0.3, -0.25) is 0 Å². The zero-order valence-electron chi connectivity index (χ0n) is 11.4. The van der Waals surface area contributed by atoms with Crippen molar-refractivity contribution in [2.45, 2.75) is 39.2 Å². The molecule has 0 heterocycles. The molecule has 3 heteroatoms. The Labute approximate surface area is 107 Å². The second kappa shape index (κ2) is 6.22. The molecule has 0 aliphatic heterocycles. The maximum Gasteiger partial charge on any atom is 0.225 e. The van der Waals surface area contributed by atoms with Crippen LogP contribution in [0.5, 0.6) is 5.75 Å². The summed E-state index contributed by atoms with van der Waals surface area (Å²) in [5, 5.41) is 9.31. The van der Waals surface area contributed by atoms with Crippen molar-refractivity contribution in [1.29, 1.82) is 0 Å². The van der Waals surface area contributed by atoms with E-state index in [4.69, 9.17) is 9.53 Å². The third-order valence-corrected chi connectivity index (χ3v) is 5.53. The molecule has 17 heavy (non-hydrogen) atoms. The monoisotopic (exact) mass is 252 g/mol. The van der Waals surface area contributed by atoms with Crippen LogP contribution in [0.3, 0.4) is 0 Å². The summed E-state index contributed by atoms with van der Waals surface area (Å²) in [4.78, 5) is 0. The van der Waals surface area contributed by atoms with E-state index in [2.05, 4.69) is 27.7 Å². The van der Waals surface area contributed by atoms with Crippen LogP contribution in [-0.2, 0) is 6.42 Å². The van der Waals surface area contributed by atoms with Crippen LogP contribution in [0.4, 0.5) is 0 Å². The Hall–Kier alpha value is -0.803. The lowest BCUT2D eigenvalue weighted by atomic mass is 9.99. The second-order valence-corrected chi connectivity index (χ2v) is 7.91. The molecular weight excluding hydrogens is 228 g/mol. The lowest BCUT2D eigenvalue weighted by Gasteiger charge is -2.28. The number of aliphatic hydroxyl groups is 1. The fourth-order valence-corrected chi connectivity index (χ4v) is 2.54. The minimum atomic E-state index is -0.627. The van der Waals surface area contributed by atoms with Gasteiger partial charge >= 0.3 is 0 Å². The molecule has 0 unspecified atom stereocenters. The first-order valence-electron chi connectivity index (χ1n) is 6.29. The zero-order valence-corrected chi connectivity index (χ0v) is 12.8. The Morgan fingerprint density at radius 1 is 1.29 bits per heavy atom. The lowest BCUT2D eigenvalue weighted by Crippen LogP contribution is -2.24. The van der Waals surface area contributed by atoms with Crippen LogP contribution in [0.2, 0.25) is 5.04 Å². The highest BCUT2D eigenvalue weighted by Crippen LogP contribution is 2.33. The Morgan fingerprint density at radius 2 is 1.94 bits per heavy atom. The molecule has 2 nitrogen and oxygen atoms in total. The van der Waals surface area contributed by atoms with E-state index in [9.17, 15) is 0 Å². The van der Waals surface area contributed by atoms with Gasteiger partial charge in [-0.25, -0.2) is 0 Å². The standard InChI is InChI=1S/C14H24O2Si/c1-11(2)14(3,4)17-16-13-8-6-5-7-12(13)9-10-15/h5-8,11,15H,9-10,17H2,1-4H3. The predicted molar refractivity (Wildman–Crippen MR) is 75.3 cm³/mol. The van der Waals surface area contributed by atoms with Crippen molar-refractivity contribution in [3.05, 3.63) is 29.8 Å². The number of hydrogen-bond donors (Lipinski definition) is 1. The maximum atomic E-state index is 9.02. The quantitative estimate of drug-likeness (QED) is 0.788. The van der Waals surface area contributed by atoms with E-state index in [0.29, 0.717) is 17.4 Å². The van der Waals surface area contributed by atoms with Crippen LogP contribution >= 0.6 is 0 Å². The number of benzene rings is 1. The topological polar surface area (TPSA) is 29.5 Å². The van der Waals surface area contributed by atoms with Gasteiger partial charge in [0, 0.05) is 6.61 Å². The van der Waals surface area contributed by atoms with Crippen molar-refractivity contribution in [3.8, 4) is 5.75 Å². The van der Waals surface area contributed by atoms with Gasteiger partial charge in [-0.05, 0) is 29.0 Å². The summed E-state index contributed by atoms with van der Waals surface area (Å²) in [5.74, 6) is 1.60. The van der Waals surface area contributed by atoms with E-state index in [1.807, 2.05) is 24.3 Å². The van der Waals surface area contributed by atoms with Crippen molar-refractivity contribution < 1.29 is 9.53 Å². The molecular formula is C14H24O2Si. The summed E-state index contributed by atoms with van der Waals surface area (Å²) < 4.78 is 6.04. The van der Waals surface area contributed by atoms with Gasteiger partial charge in [0.15, 0.2) is 0 Å². The molecule has 0 saturated heterocycles. The summed E-state index contributed by atoms with van der Waals surface area (Å²) in [6.07, 6.45) is 0.673. The van der Waals surface area contributed by atoms with Gasteiger partial charge in [-0.1, -0.05) is 45.9 Å². The molecule has 0 spiro atoms. The van der Waals surface area contributed by atoms with Crippen molar-refractivity contribution >= 4 is 9.76 Å². The van der Waals surface area contributed by atoms with E-state index < -0.39 is 9.76 Å². The van der Waals surface area contributed by atoms with E-state index in [0.717, 1.165) is 11.3 Å². The van der Waals surface area contributed by atoms with Gasteiger partial charge in [0.1, 0.15) is 5.75 Å². The summed E-state index contributed by atoms with van der Waals surface area (Å²) in [5.41, 5.74) is 1.11. The number of para-hydroxylation sites is 1. The van der Waals surface area contributed by atoms with Crippen molar-refractivity contribution in [2.75, 3.05) is 6.61 Å². The molecule has 0 aromatic heterocycles. The summed E-state index contributed by atoms with van der Waals surface area (Å²) >= 11 is 0. The lowest BCUT2D eigenvalue weighted by molar-refractivity contribution is 0.298. The van der Waals surface area contributed by atoms with E-state index in [-0.39, 0.29) is 6.61 Å². The highest BCUT2D eigenvalue weighted by atomic mass is 28.2. The molecule has 1 N–H and O–H groups in total. The highest BCUT2D eigenvalue weighted by molar-refractivity contribution is 6.33. The Kier molecular flexibility index (Phi) is 5.21. The molecule has 0 aliphatic carbocycles. The summed E-state index contributed by atoms with van der Waals surface area (Å²) in [6, 6.07) is 8.02. The number of aliphatic hydroxyl groups excluding tert-OH is 1. The van der Waals surface area contributed by atoms with Gasteiger partial charge in [0.25, 0.3) is 0 Å². The van der Waals surface area contributed by atoms with E-state index >= 15 is 0 Å². The minimum absolute atomic E-state index is 0.176. The molecule has 0 amide bonds. The highest BCUT2D eigenvalue weighted by Gasteiger charge is 2.24. The first-order chi connectivity index (χ1) is 7.97. The average molecular weight is 252 g/mol. The molecule has 0 bridgehead atoms. The molecule has 0 fully saturated rings. The molecule has 0 radical (unpaired) electrons. The number of hydrogen-bond acceptors (Lipinski definition) is 2. The van der Waals surface area contributed by atoms with Crippen LogP contribution < -0.4 is 4.43 Å². The molecule has 1 aromatic rings. The van der Waals surface area contributed by atoms with Crippen LogP contribution in [0, 0.1) is 5.92 Å². The Morgan fingerprint density at radius 3 is 2.53 bits per heavy atom. The molecule has 0 aliphatic rings. The van der Waals surface area contributed by atoms with Gasteiger partial charge in [-0.2, -0.15) is 0 Å². The molecule has 1 aromatic carbocycles. The fraction of sp³-hybridized carbons (Fsp3) is 0.571. The van der Waals surface area contributed by atoms with Crippen LogP contribution in [0.1, 0.15) is 33.3 Å². The van der Waals surface area contributed by atoms with Gasteiger partial charge in [0.2, 0.25) is 9.76 Å². The van der Waals surface area contributed by atoms with Crippen LogP contribution in [0.25, 0.3) is 0 Å². The third kappa shape index (κ3) is 4.17. The third-order valence-electron chi connectivity index (χ3n) is 3.52. The van der Waals surface area contributed by atoms with Gasteiger partial charge in [0.05, 0.1) is 0 Å². The molecule has 0 saturated carbocycles. The largest absolute Gasteiger partial charge is 0.549 e. The first-order valence-corrected chi connectivity index (χ1v) is 7.57. The summed E-state index contributed by atoms with van der Waals surface area (Å²) in [6.45, 7) is 9.22.